The summed E-state index contributed by atoms with van der Waals surface area (Å²) in [5.74, 6) is -0.705. The summed E-state index contributed by atoms with van der Waals surface area (Å²) in [5, 5.41) is 14.4. The van der Waals surface area contributed by atoms with E-state index in [2.05, 4.69) is 22.8 Å². The van der Waals surface area contributed by atoms with Crippen LogP contribution in [0.5, 0.6) is 0 Å². The first-order chi connectivity index (χ1) is 18.4. The van der Waals surface area contributed by atoms with Crippen molar-refractivity contribution in [1.82, 2.24) is 5.32 Å². The molecule has 3 aromatic rings. The Morgan fingerprint density at radius 1 is 0.921 bits per heavy atom. The van der Waals surface area contributed by atoms with Gasteiger partial charge in [0.15, 0.2) is 0 Å². The normalized spacial score (nSPS) is 13.5. The number of carbonyl (C=O) groups is 3. The third-order valence-electron chi connectivity index (χ3n) is 6.98. The van der Waals surface area contributed by atoms with E-state index < -0.39 is 5.97 Å². The maximum absolute atomic E-state index is 13.5. The molecule has 198 valence electrons. The van der Waals surface area contributed by atoms with Crippen molar-refractivity contribution < 1.29 is 19.5 Å². The van der Waals surface area contributed by atoms with Gasteiger partial charge in [-0.3, -0.25) is 14.5 Å². The van der Waals surface area contributed by atoms with Crippen LogP contribution >= 0.6 is 0 Å². The van der Waals surface area contributed by atoms with E-state index in [1.807, 2.05) is 55.5 Å². The number of urea groups is 1. The minimum Gasteiger partial charge on any atom is -0.481 e. The van der Waals surface area contributed by atoms with Gasteiger partial charge < -0.3 is 15.7 Å². The Kier molecular flexibility index (Phi) is 9.14. The van der Waals surface area contributed by atoms with Crippen LogP contribution in [0.2, 0.25) is 0 Å². The topological polar surface area (TPSA) is 98.7 Å². The number of benzene rings is 3. The highest BCUT2D eigenvalue weighted by molar-refractivity contribution is 6.01. The van der Waals surface area contributed by atoms with Crippen LogP contribution < -0.4 is 15.5 Å². The molecule has 1 fully saturated rings. The predicted octanol–water partition coefficient (Wildman–Crippen LogP) is 6.49. The third-order valence-corrected chi connectivity index (χ3v) is 6.98. The standard InChI is InChI=1S/C31H35N3O4/c1-22-6-5-9-27(20-22)33-31(38)34(28-16-14-25(15-17-28)24-7-3-2-4-8-24)21-23-10-12-26(13-11-23)30(37)32-19-18-29(35)36/h5-6,9-17,20,24H,2-4,7-8,18-19,21H2,1H3,(H,32,37)(H,33,38)(H,35,36). The smallest absolute Gasteiger partial charge is 0.326 e. The number of carbonyl (C=O) groups excluding carboxylic acids is 2. The lowest BCUT2D eigenvalue weighted by molar-refractivity contribution is -0.136. The number of aryl methyl sites for hydroxylation is 1. The predicted molar refractivity (Wildman–Crippen MR) is 150 cm³/mol. The van der Waals surface area contributed by atoms with Gasteiger partial charge in [0.1, 0.15) is 0 Å². The number of rotatable bonds is 9. The van der Waals surface area contributed by atoms with Gasteiger partial charge in [0.2, 0.25) is 0 Å². The fraction of sp³-hybridized carbons (Fsp3) is 0.323. The van der Waals surface area contributed by atoms with Crippen LogP contribution in [-0.2, 0) is 11.3 Å². The molecule has 3 amide bonds. The van der Waals surface area contributed by atoms with Gasteiger partial charge in [0.25, 0.3) is 5.91 Å². The molecule has 0 heterocycles. The lowest BCUT2D eigenvalue weighted by Gasteiger charge is -2.26. The summed E-state index contributed by atoms with van der Waals surface area (Å²) < 4.78 is 0. The molecule has 0 unspecified atom stereocenters. The first kappa shape index (κ1) is 26.9. The zero-order valence-electron chi connectivity index (χ0n) is 21.8. The number of nitrogens with zero attached hydrogens (tertiary/aromatic N) is 1. The zero-order valence-corrected chi connectivity index (χ0v) is 21.8. The van der Waals surface area contributed by atoms with Gasteiger partial charge >= 0.3 is 12.0 Å². The van der Waals surface area contributed by atoms with Gasteiger partial charge in [-0.2, -0.15) is 0 Å². The molecule has 7 heteroatoms. The van der Waals surface area contributed by atoms with Gasteiger partial charge in [0.05, 0.1) is 13.0 Å². The molecule has 0 aliphatic heterocycles. The van der Waals surface area contributed by atoms with Gasteiger partial charge in [-0.05, 0) is 78.8 Å². The summed E-state index contributed by atoms with van der Waals surface area (Å²) in [7, 11) is 0. The molecular formula is C31H35N3O4. The summed E-state index contributed by atoms with van der Waals surface area (Å²) in [6, 6.07) is 22.8. The SMILES string of the molecule is Cc1cccc(NC(=O)N(Cc2ccc(C(=O)NCCC(=O)O)cc2)c2ccc(C3CCCCC3)cc2)c1. The van der Waals surface area contributed by atoms with Crippen LogP contribution in [0.3, 0.4) is 0 Å². The monoisotopic (exact) mass is 513 g/mol. The number of anilines is 2. The molecule has 0 spiro atoms. The maximum atomic E-state index is 13.5. The van der Waals surface area contributed by atoms with E-state index in [1.54, 1.807) is 17.0 Å². The van der Waals surface area contributed by atoms with Crippen molar-refractivity contribution in [2.75, 3.05) is 16.8 Å². The molecule has 1 aliphatic rings. The average molecular weight is 514 g/mol. The van der Waals surface area contributed by atoms with Crippen molar-refractivity contribution in [3.05, 3.63) is 95.1 Å². The van der Waals surface area contributed by atoms with Crippen molar-refractivity contribution in [2.45, 2.75) is 57.9 Å². The van der Waals surface area contributed by atoms with Crippen molar-refractivity contribution in [1.29, 1.82) is 0 Å². The average Bonchev–Trinajstić information content (AvgIpc) is 2.92. The van der Waals surface area contributed by atoms with Crippen LogP contribution in [0.4, 0.5) is 16.2 Å². The first-order valence-electron chi connectivity index (χ1n) is 13.2. The number of amides is 3. The number of hydrogen-bond acceptors (Lipinski definition) is 3. The van der Waals surface area contributed by atoms with E-state index in [4.69, 9.17) is 5.11 Å². The van der Waals surface area contributed by atoms with E-state index >= 15 is 0 Å². The second-order valence-corrected chi connectivity index (χ2v) is 9.91. The Labute approximate surface area is 223 Å². The molecule has 1 saturated carbocycles. The molecule has 0 atom stereocenters. The fourth-order valence-corrected chi connectivity index (χ4v) is 4.89. The van der Waals surface area contributed by atoms with E-state index in [0.717, 1.165) is 22.5 Å². The molecule has 3 aromatic carbocycles. The molecule has 1 aliphatic carbocycles. The summed E-state index contributed by atoms with van der Waals surface area (Å²) in [6.07, 6.45) is 6.15. The van der Waals surface area contributed by atoms with Gasteiger partial charge in [-0.15, -0.1) is 0 Å². The van der Waals surface area contributed by atoms with Gasteiger partial charge in [-0.1, -0.05) is 55.7 Å². The number of aliphatic carboxylic acids is 1. The summed E-state index contributed by atoms with van der Waals surface area (Å²) in [6.45, 7) is 2.37. The molecule has 0 bridgehead atoms. The van der Waals surface area contributed by atoms with E-state index in [1.165, 1.54) is 37.7 Å². The Bertz CT molecular complexity index is 1250. The summed E-state index contributed by atoms with van der Waals surface area (Å²) in [4.78, 5) is 38.2. The summed E-state index contributed by atoms with van der Waals surface area (Å²) in [5.41, 5.74) is 5.21. The minimum absolute atomic E-state index is 0.0691. The van der Waals surface area contributed by atoms with Crippen LogP contribution in [0, 0.1) is 6.92 Å². The van der Waals surface area contributed by atoms with Crippen LogP contribution in [0.25, 0.3) is 0 Å². The van der Waals surface area contributed by atoms with Crippen molar-refractivity contribution in [3.8, 4) is 0 Å². The number of hydrogen-bond donors (Lipinski definition) is 3. The number of carboxylic acid groups (broad SMARTS) is 1. The fourth-order valence-electron chi connectivity index (χ4n) is 4.89. The van der Waals surface area contributed by atoms with Crippen LogP contribution in [0.15, 0.2) is 72.8 Å². The minimum atomic E-state index is -0.962. The third kappa shape index (κ3) is 7.44. The zero-order chi connectivity index (χ0) is 26.9. The molecule has 0 aromatic heterocycles. The lowest BCUT2D eigenvalue weighted by atomic mass is 9.84. The Morgan fingerprint density at radius 3 is 2.29 bits per heavy atom. The number of carboxylic acids is 1. The molecular weight excluding hydrogens is 478 g/mol. The molecule has 38 heavy (non-hydrogen) atoms. The Balaban J connectivity index is 1.51. The summed E-state index contributed by atoms with van der Waals surface area (Å²) >= 11 is 0. The van der Waals surface area contributed by atoms with Crippen LogP contribution in [0.1, 0.15) is 71.5 Å². The van der Waals surface area contributed by atoms with Crippen molar-refractivity contribution in [2.24, 2.45) is 0 Å². The molecule has 0 radical (unpaired) electrons. The van der Waals surface area contributed by atoms with Crippen molar-refractivity contribution >= 4 is 29.3 Å². The molecule has 3 N–H and O–H groups in total. The molecule has 0 saturated heterocycles. The van der Waals surface area contributed by atoms with E-state index in [0.29, 0.717) is 18.0 Å². The van der Waals surface area contributed by atoms with Gasteiger partial charge in [0, 0.05) is 23.5 Å². The second-order valence-electron chi connectivity index (χ2n) is 9.91. The highest BCUT2D eigenvalue weighted by Gasteiger charge is 2.20. The quantitative estimate of drug-likeness (QED) is 0.305. The molecule has 4 rings (SSSR count). The van der Waals surface area contributed by atoms with E-state index in [-0.39, 0.29) is 24.9 Å². The number of nitrogens with one attached hydrogen (secondary N) is 2. The van der Waals surface area contributed by atoms with E-state index in [9.17, 15) is 14.4 Å². The van der Waals surface area contributed by atoms with Gasteiger partial charge in [-0.25, -0.2) is 4.79 Å². The van der Waals surface area contributed by atoms with Crippen LogP contribution in [-0.4, -0.2) is 29.6 Å². The maximum Gasteiger partial charge on any atom is 0.326 e. The largest absolute Gasteiger partial charge is 0.481 e. The highest BCUT2D eigenvalue weighted by atomic mass is 16.4. The highest BCUT2D eigenvalue weighted by Crippen LogP contribution is 2.33. The second kappa shape index (κ2) is 12.9. The molecule has 7 nitrogen and oxygen atoms in total. The Morgan fingerprint density at radius 2 is 1.63 bits per heavy atom. The lowest BCUT2D eigenvalue weighted by Crippen LogP contribution is -2.34. The Hall–Kier alpha value is -4.13. The van der Waals surface area contributed by atoms with Crippen molar-refractivity contribution in [3.63, 3.8) is 0 Å². The first-order valence-corrected chi connectivity index (χ1v) is 13.2.